The molecule has 2 atom stereocenters. The first kappa shape index (κ1) is 27.7. The van der Waals surface area contributed by atoms with Crippen LogP contribution in [0.3, 0.4) is 0 Å². The summed E-state index contributed by atoms with van der Waals surface area (Å²) in [4.78, 5) is 16.2. The molecule has 6 nitrogen and oxygen atoms in total. The van der Waals surface area contributed by atoms with Crippen molar-refractivity contribution < 1.29 is 9.53 Å². The van der Waals surface area contributed by atoms with Gasteiger partial charge in [0.25, 0.3) is 0 Å². The minimum absolute atomic E-state index is 0.0583. The highest BCUT2D eigenvalue weighted by Gasteiger charge is 2.28. The summed E-state index contributed by atoms with van der Waals surface area (Å²) in [5.74, 6) is 4.12. The second-order valence-electron chi connectivity index (χ2n) is 10.7. The molecule has 0 bridgehead atoms. The third-order valence-corrected chi connectivity index (χ3v) is 9.46. The maximum Gasteiger partial charge on any atom is 0.238 e. The third kappa shape index (κ3) is 8.61. The lowest BCUT2D eigenvalue weighted by Crippen LogP contribution is -2.52. The molecule has 2 saturated heterocycles. The summed E-state index contributed by atoms with van der Waals surface area (Å²) in [5, 5.41) is 10.2. The van der Waals surface area contributed by atoms with Crippen molar-refractivity contribution in [3.05, 3.63) is 29.8 Å². The number of hydrogen-bond donors (Lipinski definition) is 3. The largest absolute Gasteiger partial charge is 0.497 e. The van der Waals surface area contributed by atoms with Crippen molar-refractivity contribution in [2.45, 2.75) is 76.4 Å². The van der Waals surface area contributed by atoms with E-state index in [0.29, 0.717) is 5.92 Å². The summed E-state index contributed by atoms with van der Waals surface area (Å²) in [5.41, 5.74) is 1.33. The van der Waals surface area contributed by atoms with E-state index in [1.165, 1.54) is 50.5 Å². The Labute approximate surface area is 227 Å². The van der Waals surface area contributed by atoms with Gasteiger partial charge in [-0.1, -0.05) is 56.5 Å². The van der Waals surface area contributed by atoms with Crippen LogP contribution in [0.25, 0.3) is 0 Å². The van der Waals surface area contributed by atoms with E-state index in [-0.39, 0.29) is 18.0 Å². The number of methoxy groups -OCH3 is 1. The van der Waals surface area contributed by atoms with Crippen LogP contribution in [0.5, 0.6) is 5.75 Å². The molecule has 2 heterocycles. The highest BCUT2D eigenvalue weighted by atomic mass is 32.2. The number of nitrogens with one attached hydrogen (secondary N) is 3. The number of carbonyl (C=O) groups is 1. The molecule has 3 N–H and O–H groups in total. The van der Waals surface area contributed by atoms with E-state index in [2.05, 4.69) is 33.0 Å². The molecule has 4 rings (SSSR count). The second kappa shape index (κ2) is 14.6. The molecule has 2 aliphatic heterocycles. The molecule has 1 saturated carbocycles. The second-order valence-corrected chi connectivity index (χ2v) is 12.2. The van der Waals surface area contributed by atoms with Gasteiger partial charge in [-0.3, -0.25) is 15.0 Å². The molecule has 0 aromatic heterocycles. The Morgan fingerprint density at radius 1 is 1.14 bits per heavy atom. The fourth-order valence-corrected chi connectivity index (χ4v) is 6.89. The fraction of sp³-hybridized carbons (Fsp3) is 0.714. The first-order valence-corrected chi connectivity index (χ1v) is 15.4. The summed E-state index contributed by atoms with van der Waals surface area (Å²) in [6.45, 7) is 4.11. The summed E-state index contributed by atoms with van der Waals surface area (Å²) >= 11 is 7.65. The summed E-state index contributed by atoms with van der Waals surface area (Å²) in [6, 6.07) is 8.25. The SMILES string of the molecule is COc1ccc(CN2CCC(CNC(=S)[C@@H](CCC3CCCCC3)NC(=O)[C@@H]3CSCN3)CC2)cc1. The maximum absolute atomic E-state index is 12.9. The van der Waals surface area contributed by atoms with Crippen LogP contribution < -0.4 is 20.7 Å². The van der Waals surface area contributed by atoms with Crippen LogP contribution in [-0.2, 0) is 11.3 Å². The minimum atomic E-state index is -0.0926. The van der Waals surface area contributed by atoms with E-state index in [0.717, 1.165) is 67.3 Å². The summed E-state index contributed by atoms with van der Waals surface area (Å²) in [6.07, 6.45) is 11.2. The number of piperidine rings is 1. The third-order valence-electron chi connectivity index (χ3n) is 8.09. The predicted molar refractivity (Wildman–Crippen MR) is 154 cm³/mol. The number of thiocarbonyl (C=S) groups is 1. The van der Waals surface area contributed by atoms with E-state index < -0.39 is 0 Å². The molecule has 200 valence electrons. The molecule has 0 spiro atoms. The van der Waals surface area contributed by atoms with Crippen molar-refractivity contribution in [1.29, 1.82) is 0 Å². The molecule has 3 fully saturated rings. The van der Waals surface area contributed by atoms with Crippen molar-refractivity contribution in [1.82, 2.24) is 20.9 Å². The van der Waals surface area contributed by atoms with Crippen molar-refractivity contribution in [2.75, 3.05) is 38.4 Å². The molecule has 0 unspecified atom stereocenters. The number of likely N-dealkylation sites (tertiary alicyclic amines) is 1. The number of amides is 1. The van der Waals surface area contributed by atoms with Crippen LogP contribution in [0.15, 0.2) is 24.3 Å². The van der Waals surface area contributed by atoms with E-state index in [4.69, 9.17) is 17.0 Å². The van der Waals surface area contributed by atoms with E-state index in [1.807, 2.05) is 12.1 Å². The Morgan fingerprint density at radius 2 is 1.89 bits per heavy atom. The van der Waals surface area contributed by atoms with E-state index >= 15 is 0 Å². The minimum Gasteiger partial charge on any atom is -0.497 e. The Hall–Kier alpha value is -1.35. The maximum atomic E-state index is 12.9. The molecule has 3 aliphatic rings. The quantitative estimate of drug-likeness (QED) is 0.367. The molecular weight excluding hydrogens is 488 g/mol. The molecule has 36 heavy (non-hydrogen) atoms. The molecule has 1 amide bonds. The van der Waals surface area contributed by atoms with E-state index in [1.54, 1.807) is 18.9 Å². The highest BCUT2D eigenvalue weighted by molar-refractivity contribution is 7.99. The fourth-order valence-electron chi connectivity index (χ4n) is 5.69. The smallest absolute Gasteiger partial charge is 0.238 e. The molecule has 1 aromatic carbocycles. The van der Waals surface area contributed by atoms with Gasteiger partial charge in [0.05, 0.1) is 24.2 Å². The molecular formula is C28H44N4O2S2. The van der Waals surface area contributed by atoms with Gasteiger partial charge in [-0.2, -0.15) is 0 Å². The Morgan fingerprint density at radius 3 is 2.56 bits per heavy atom. The van der Waals surface area contributed by atoms with Crippen molar-refractivity contribution in [3.63, 3.8) is 0 Å². The summed E-state index contributed by atoms with van der Waals surface area (Å²) < 4.78 is 5.27. The molecule has 1 aliphatic carbocycles. The van der Waals surface area contributed by atoms with Crippen LogP contribution in [0.2, 0.25) is 0 Å². The highest BCUT2D eigenvalue weighted by Crippen LogP contribution is 2.28. The lowest BCUT2D eigenvalue weighted by atomic mass is 9.85. The van der Waals surface area contributed by atoms with Gasteiger partial charge in [-0.05, 0) is 68.3 Å². The van der Waals surface area contributed by atoms with Crippen molar-refractivity contribution in [3.8, 4) is 5.75 Å². The van der Waals surface area contributed by atoms with Gasteiger partial charge in [-0.25, -0.2) is 0 Å². The summed E-state index contributed by atoms with van der Waals surface area (Å²) in [7, 11) is 1.71. The first-order chi connectivity index (χ1) is 17.6. The first-order valence-electron chi connectivity index (χ1n) is 13.8. The van der Waals surface area contributed by atoms with Crippen LogP contribution in [0.4, 0.5) is 0 Å². The van der Waals surface area contributed by atoms with Gasteiger partial charge in [0.1, 0.15) is 5.75 Å². The monoisotopic (exact) mass is 532 g/mol. The average Bonchev–Trinajstić information content (AvgIpc) is 3.47. The topological polar surface area (TPSA) is 65.6 Å². The van der Waals surface area contributed by atoms with Crippen LogP contribution in [-0.4, -0.2) is 66.3 Å². The van der Waals surface area contributed by atoms with Crippen molar-refractivity contribution in [2.24, 2.45) is 11.8 Å². The molecule has 8 heteroatoms. The zero-order chi connectivity index (χ0) is 25.2. The standard InChI is InChI=1S/C28H44N4O2S2/c1-34-24-10-7-23(8-11-24)18-32-15-13-22(14-16-32)17-29-28(35)25(12-9-21-5-3-2-4-6-21)31-27(33)26-19-36-20-30-26/h7-8,10-11,21-22,25-26,30H,2-6,9,12-20H2,1H3,(H,29,35)(H,31,33)/t25-,26+/m1/s1. The zero-order valence-corrected chi connectivity index (χ0v) is 23.4. The number of hydrogen-bond acceptors (Lipinski definition) is 6. The van der Waals surface area contributed by atoms with Gasteiger partial charge in [0.15, 0.2) is 0 Å². The number of carbonyl (C=O) groups excluding carboxylic acids is 1. The van der Waals surface area contributed by atoms with Gasteiger partial charge < -0.3 is 15.4 Å². The number of ether oxygens (including phenoxy) is 1. The number of benzene rings is 1. The van der Waals surface area contributed by atoms with Gasteiger partial charge in [-0.15, -0.1) is 11.8 Å². The van der Waals surface area contributed by atoms with Crippen molar-refractivity contribution >= 4 is 34.9 Å². The molecule has 1 aromatic rings. The lowest BCUT2D eigenvalue weighted by molar-refractivity contribution is -0.122. The van der Waals surface area contributed by atoms with Gasteiger partial charge in [0, 0.05) is 24.7 Å². The number of nitrogens with zero attached hydrogens (tertiary/aromatic N) is 1. The normalized spacial score (nSPS) is 22.8. The average molecular weight is 533 g/mol. The van der Waals surface area contributed by atoms with Gasteiger partial charge >= 0.3 is 0 Å². The lowest BCUT2D eigenvalue weighted by Gasteiger charge is -2.33. The predicted octanol–water partition coefficient (Wildman–Crippen LogP) is 4.33. The van der Waals surface area contributed by atoms with Crippen LogP contribution >= 0.6 is 24.0 Å². The zero-order valence-electron chi connectivity index (χ0n) is 21.8. The molecule has 0 radical (unpaired) electrons. The number of rotatable bonds is 11. The van der Waals surface area contributed by atoms with Crippen LogP contribution in [0.1, 0.15) is 63.4 Å². The Bertz CT molecular complexity index is 817. The Balaban J connectivity index is 1.21. The number of thioether (sulfide) groups is 1. The van der Waals surface area contributed by atoms with E-state index in [9.17, 15) is 4.79 Å². The Kier molecular flexibility index (Phi) is 11.2. The van der Waals surface area contributed by atoms with Gasteiger partial charge in [0.2, 0.25) is 5.91 Å². The van der Waals surface area contributed by atoms with Crippen LogP contribution in [0, 0.1) is 11.8 Å².